The van der Waals surface area contributed by atoms with Crippen LogP contribution in [0.3, 0.4) is 0 Å². The van der Waals surface area contributed by atoms with Gasteiger partial charge in [-0.15, -0.1) is 0 Å². The number of hydrogen-bond donors (Lipinski definition) is 0. The van der Waals surface area contributed by atoms with Crippen molar-refractivity contribution in [3.05, 3.63) is 65.6 Å². The molecule has 1 aliphatic heterocycles. The molecule has 22 heavy (non-hydrogen) atoms. The maximum absolute atomic E-state index is 12.6. The normalized spacial score (nSPS) is 18.9. The molecule has 1 fully saturated rings. The van der Waals surface area contributed by atoms with E-state index in [4.69, 9.17) is 4.42 Å². The summed E-state index contributed by atoms with van der Waals surface area (Å²) in [4.78, 5) is 26.5. The van der Waals surface area contributed by atoms with Gasteiger partial charge in [0.25, 0.3) is 0 Å². The number of rotatable bonds is 3. The first-order valence-corrected chi connectivity index (χ1v) is 7.69. The fraction of sp³-hybridized carbons (Fsp3) is 0.176. The quantitative estimate of drug-likeness (QED) is 0.638. The fourth-order valence-electron chi connectivity index (χ4n) is 2.24. The number of carbonyl (C=O) groups excluding carboxylic acids is 2. The summed E-state index contributed by atoms with van der Waals surface area (Å²) in [5, 5.41) is 0.614. The number of allylic oxidation sites excluding steroid dienone is 1. The van der Waals surface area contributed by atoms with Gasteiger partial charge in [0.05, 0.1) is 16.0 Å². The van der Waals surface area contributed by atoms with Gasteiger partial charge >= 0.3 is 0 Å². The third kappa shape index (κ3) is 2.60. The monoisotopic (exact) mass is 313 g/mol. The van der Waals surface area contributed by atoms with Crippen molar-refractivity contribution in [3.63, 3.8) is 0 Å². The second-order valence-electron chi connectivity index (χ2n) is 5.41. The zero-order valence-electron chi connectivity index (χ0n) is 12.3. The Morgan fingerprint density at radius 2 is 1.91 bits per heavy atom. The van der Waals surface area contributed by atoms with E-state index in [0.717, 1.165) is 5.69 Å². The maximum atomic E-state index is 12.6. The van der Waals surface area contributed by atoms with Crippen LogP contribution in [0.2, 0.25) is 0 Å². The van der Waals surface area contributed by atoms with Gasteiger partial charge in [-0.2, -0.15) is 0 Å². The van der Waals surface area contributed by atoms with Gasteiger partial charge in [0.1, 0.15) is 0 Å². The van der Waals surface area contributed by atoms with Crippen LogP contribution in [0.15, 0.2) is 64.2 Å². The Balaban J connectivity index is 2.01. The summed E-state index contributed by atoms with van der Waals surface area (Å²) in [5.74, 6) is -0.0283. The van der Waals surface area contributed by atoms with Gasteiger partial charge in [-0.05, 0) is 38.1 Å². The first-order valence-electron chi connectivity index (χ1n) is 6.87. The van der Waals surface area contributed by atoms with Gasteiger partial charge in [-0.3, -0.25) is 14.5 Å². The molecule has 0 bridgehead atoms. The van der Waals surface area contributed by atoms with E-state index < -0.39 is 4.75 Å². The van der Waals surface area contributed by atoms with Crippen molar-refractivity contribution in [2.75, 3.05) is 4.90 Å². The molecule has 5 heteroatoms. The van der Waals surface area contributed by atoms with Crippen LogP contribution in [0.4, 0.5) is 5.69 Å². The summed E-state index contributed by atoms with van der Waals surface area (Å²) in [6.07, 6.45) is 2.92. The molecular formula is C17H15NO3S. The lowest BCUT2D eigenvalue weighted by atomic mass is 10.1. The molecule has 0 atom stereocenters. The minimum Gasteiger partial charge on any atom is -0.461 e. The zero-order valence-corrected chi connectivity index (χ0v) is 13.1. The van der Waals surface area contributed by atoms with Crippen molar-refractivity contribution in [3.8, 4) is 0 Å². The minimum absolute atomic E-state index is 0.0396. The highest BCUT2D eigenvalue weighted by Crippen LogP contribution is 2.45. The molecule has 2 aromatic rings. The number of ketones is 1. The third-order valence-electron chi connectivity index (χ3n) is 3.33. The van der Waals surface area contributed by atoms with E-state index in [1.54, 1.807) is 17.0 Å². The summed E-state index contributed by atoms with van der Waals surface area (Å²) >= 11 is 1.38. The van der Waals surface area contributed by atoms with E-state index in [1.807, 2.05) is 44.2 Å². The number of para-hydroxylation sites is 1. The summed E-state index contributed by atoms with van der Waals surface area (Å²) in [6.45, 7) is 3.71. The van der Waals surface area contributed by atoms with Crippen molar-refractivity contribution < 1.29 is 14.0 Å². The summed E-state index contributed by atoms with van der Waals surface area (Å²) in [5.41, 5.74) is 0.754. The molecule has 1 aliphatic rings. The molecule has 1 amide bonds. The molecule has 0 radical (unpaired) electrons. The number of benzene rings is 1. The van der Waals surface area contributed by atoms with Crippen molar-refractivity contribution in [1.82, 2.24) is 0 Å². The molecule has 1 aromatic heterocycles. The van der Waals surface area contributed by atoms with E-state index in [1.165, 1.54) is 24.1 Å². The van der Waals surface area contributed by atoms with Crippen LogP contribution in [0.25, 0.3) is 0 Å². The molecule has 1 saturated heterocycles. The van der Waals surface area contributed by atoms with E-state index >= 15 is 0 Å². The van der Waals surface area contributed by atoms with Crippen LogP contribution in [-0.4, -0.2) is 16.4 Å². The molecule has 0 spiro atoms. The van der Waals surface area contributed by atoms with Crippen molar-refractivity contribution in [1.29, 1.82) is 0 Å². The van der Waals surface area contributed by atoms with Crippen molar-refractivity contribution in [2.24, 2.45) is 0 Å². The third-order valence-corrected chi connectivity index (χ3v) is 4.53. The second-order valence-corrected chi connectivity index (χ2v) is 7.06. The van der Waals surface area contributed by atoms with Gasteiger partial charge in [-0.1, -0.05) is 30.0 Å². The molecule has 0 aliphatic carbocycles. The Morgan fingerprint density at radius 1 is 1.18 bits per heavy atom. The fourth-order valence-corrected chi connectivity index (χ4v) is 3.38. The predicted octanol–water partition coefficient (Wildman–Crippen LogP) is 3.86. The Kier molecular flexibility index (Phi) is 3.66. The number of furan rings is 1. The SMILES string of the molecule is CC1(C)S/C(=C\C(=O)c2ccco2)N(c2ccccc2)C1=O. The minimum atomic E-state index is -0.606. The largest absolute Gasteiger partial charge is 0.461 e. The molecule has 0 unspecified atom stereocenters. The molecule has 1 aromatic carbocycles. The van der Waals surface area contributed by atoms with Crippen LogP contribution in [0.1, 0.15) is 24.4 Å². The van der Waals surface area contributed by atoms with E-state index in [9.17, 15) is 9.59 Å². The van der Waals surface area contributed by atoms with Gasteiger partial charge in [0.15, 0.2) is 5.76 Å². The average Bonchev–Trinajstić information content (AvgIpc) is 3.08. The van der Waals surface area contributed by atoms with Gasteiger partial charge in [-0.25, -0.2) is 0 Å². The maximum Gasteiger partial charge on any atom is 0.248 e. The molecule has 2 heterocycles. The van der Waals surface area contributed by atoms with Crippen molar-refractivity contribution in [2.45, 2.75) is 18.6 Å². The number of anilines is 1. The second kappa shape index (κ2) is 5.50. The molecule has 4 nitrogen and oxygen atoms in total. The summed E-state index contributed by atoms with van der Waals surface area (Å²) in [7, 11) is 0. The van der Waals surface area contributed by atoms with E-state index in [2.05, 4.69) is 0 Å². The van der Waals surface area contributed by atoms with Crippen LogP contribution >= 0.6 is 11.8 Å². The number of hydrogen-bond acceptors (Lipinski definition) is 4. The predicted molar refractivity (Wildman–Crippen MR) is 86.7 cm³/mol. The van der Waals surface area contributed by atoms with Crippen LogP contribution < -0.4 is 4.90 Å². The smallest absolute Gasteiger partial charge is 0.248 e. The van der Waals surface area contributed by atoms with E-state index in [0.29, 0.717) is 5.03 Å². The molecular weight excluding hydrogens is 298 g/mol. The van der Waals surface area contributed by atoms with Gasteiger partial charge < -0.3 is 4.42 Å². The van der Waals surface area contributed by atoms with Crippen LogP contribution in [0.5, 0.6) is 0 Å². The Labute approximate surface area is 132 Å². The Hall–Kier alpha value is -2.27. The van der Waals surface area contributed by atoms with E-state index in [-0.39, 0.29) is 17.5 Å². The zero-order chi connectivity index (χ0) is 15.7. The Bertz CT molecular complexity index is 733. The topological polar surface area (TPSA) is 50.5 Å². The molecule has 0 saturated carbocycles. The first-order chi connectivity index (χ1) is 10.5. The number of amides is 1. The molecule has 3 rings (SSSR count). The lowest BCUT2D eigenvalue weighted by Crippen LogP contribution is -2.34. The average molecular weight is 313 g/mol. The first kappa shape index (κ1) is 14.7. The number of nitrogens with zero attached hydrogens (tertiary/aromatic N) is 1. The highest BCUT2D eigenvalue weighted by Gasteiger charge is 2.44. The molecule has 112 valence electrons. The number of carbonyl (C=O) groups is 2. The highest BCUT2D eigenvalue weighted by molar-refractivity contribution is 8.05. The lowest BCUT2D eigenvalue weighted by molar-refractivity contribution is -0.119. The summed E-state index contributed by atoms with van der Waals surface area (Å²) < 4.78 is 4.51. The van der Waals surface area contributed by atoms with Crippen molar-refractivity contribution >= 4 is 29.1 Å². The number of thioether (sulfide) groups is 1. The molecule has 0 N–H and O–H groups in total. The van der Waals surface area contributed by atoms with Crippen LogP contribution in [-0.2, 0) is 4.79 Å². The lowest BCUT2D eigenvalue weighted by Gasteiger charge is -2.18. The van der Waals surface area contributed by atoms with Gasteiger partial charge in [0, 0.05) is 11.8 Å². The summed E-state index contributed by atoms with van der Waals surface area (Å²) in [6, 6.07) is 12.6. The van der Waals surface area contributed by atoms with Crippen LogP contribution in [0, 0.1) is 0 Å². The standard InChI is InChI=1S/C17H15NO3S/c1-17(2)16(20)18(12-7-4-3-5-8-12)15(22-17)11-13(19)14-9-6-10-21-14/h3-11H,1-2H3/b15-11-. The van der Waals surface area contributed by atoms with Gasteiger partial charge in [0.2, 0.25) is 11.7 Å². The Morgan fingerprint density at radius 3 is 2.55 bits per heavy atom. The highest BCUT2D eigenvalue weighted by atomic mass is 32.2.